The molecule has 0 fully saturated rings. The number of carbonyl (C=O) groups is 1. The molecule has 1 N–H and O–H groups in total. The van der Waals surface area contributed by atoms with Gasteiger partial charge >= 0.3 is 0 Å². The number of carbonyl (C=O) groups excluding carboxylic acids is 1. The number of nitro groups is 1. The lowest BCUT2D eigenvalue weighted by Gasteiger charge is -2.09. The third-order valence-corrected chi connectivity index (χ3v) is 4.59. The van der Waals surface area contributed by atoms with Gasteiger partial charge in [0.05, 0.1) is 23.3 Å². The molecule has 0 aliphatic rings. The summed E-state index contributed by atoms with van der Waals surface area (Å²) in [6, 6.07) is 10.4. The van der Waals surface area contributed by atoms with Crippen molar-refractivity contribution in [2.75, 3.05) is 17.7 Å². The maximum absolute atomic E-state index is 12.1. The molecule has 2 aromatic rings. The number of nitrogens with zero attached hydrogens (tertiary/aromatic N) is 1. The van der Waals surface area contributed by atoms with Gasteiger partial charge in [-0.2, -0.15) is 0 Å². The Kier molecular flexibility index (Phi) is 6.41. The van der Waals surface area contributed by atoms with Crippen molar-refractivity contribution in [1.29, 1.82) is 0 Å². The minimum absolute atomic E-state index is 0.166. The van der Waals surface area contributed by atoms with Crippen LogP contribution < -0.4 is 10.1 Å². The maximum atomic E-state index is 12.1. The average molecular weight is 360 g/mol. The van der Waals surface area contributed by atoms with Crippen LogP contribution in [0.15, 0.2) is 41.3 Å². The van der Waals surface area contributed by atoms with Crippen LogP contribution in [0, 0.1) is 24.0 Å². The summed E-state index contributed by atoms with van der Waals surface area (Å²) in [6.45, 7) is 6.26. The summed E-state index contributed by atoms with van der Waals surface area (Å²) >= 11 is 1.39. The highest BCUT2D eigenvalue weighted by Gasteiger charge is 2.17. The summed E-state index contributed by atoms with van der Waals surface area (Å²) in [6.07, 6.45) is 0. The Morgan fingerprint density at radius 3 is 2.60 bits per heavy atom. The molecule has 0 radical (unpaired) electrons. The molecule has 6 nitrogen and oxygen atoms in total. The molecule has 132 valence electrons. The predicted molar refractivity (Wildman–Crippen MR) is 99.5 cm³/mol. The molecule has 0 saturated heterocycles. The first-order chi connectivity index (χ1) is 11.9. The first-order valence-electron chi connectivity index (χ1n) is 7.82. The van der Waals surface area contributed by atoms with Crippen molar-refractivity contribution in [3.05, 3.63) is 57.6 Å². The van der Waals surface area contributed by atoms with E-state index in [-0.39, 0.29) is 23.0 Å². The number of hydrogen-bond donors (Lipinski definition) is 1. The van der Waals surface area contributed by atoms with Gasteiger partial charge in [-0.3, -0.25) is 14.9 Å². The number of nitro benzene ring substituents is 1. The number of benzene rings is 2. The quantitative estimate of drug-likeness (QED) is 0.451. The molecule has 0 spiro atoms. The van der Waals surface area contributed by atoms with Gasteiger partial charge in [0.2, 0.25) is 5.91 Å². The van der Waals surface area contributed by atoms with Crippen molar-refractivity contribution in [3.8, 4) is 5.75 Å². The van der Waals surface area contributed by atoms with Gasteiger partial charge in [0.15, 0.2) is 0 Å². The van der Waals surface area contributed by atoms with E-state index in [1.165, 1.54) is 29.5 Å². The number of nitrogens with one attached hydrogen (secondary N) is 1. The van der Waals surface area contributed by atoms with Crippen LogP contribution in [-0.2, 0) is 4.79 Å². The van der Waals surface area contributed by atoms with E-state index in [0.29, 0.717) is 12.4 Å². The van der Waals surface area contributed by atoms with Gasteiger partial charge in [-0.25, -0.2) is 0 Å². The molecule has 2 aromatic carbocycles. The Balaban J connectivity index is 2.04. The number of hydrogen-bond acceptors (Lipinski definition) is 5. The first-order valence-corrected chi connectivity index (χ1v) is 8.80. The van der Waals surface area contributed by atoms with Crippen molar-refractivity contribution in [3.63, 3.8) is 0 Å². The van der Waals surface area contributed by atoms with Gasteiger partial charge in [0.25, 0.3) is 5.69 Å². The SMILES string of the molecule is CCOc1ccc(NC(=O)CSc2ccc(C)c(C)c2)c([N+](=O)[O-])c1. The molecule has 7 heteroatoms. The van der Waals surface area contributed by atoms with Gasteiger partial charge in [-0.15, -0.1) is 11.8 Å². The minimum Gasteiger partial charge on any atom is -0.494 e. The van der Waals surface area contributed by atoms with E-state index in [4.69, 9.17) is 4.74 Å². The molecule has 0 bridgehead atoms. The van der Waals surface area contributed by atoms with E-state index < -0.39 is 4.92 Å². The van der Waals surface area contributed by atoms with Crippen molar-refractivity contribution in [1.82, 2.24) is 0 Å². The smallest absolute Gasteiger partial charge is 0.296 e. The fourth-order valence-corrected chi connectivity index (χ4v) is 2.96. The van der Waals surface area contributed by atoms with E-state index in [9.17, 15) is 14.9 Å². The highest BCUT2D eigenvalue weighted by Crippen LogP contribution is 2.29. The van der Waals surface area contributed by atoms with Crippen molar-refractivity contribution in [2.24, 2.45) is 0 Å². The normalized spacial score (nSPS) is 10.4. The molecule has 2 rings (SSSR count). The summed E-state index contributed by atoms with van der Waals surface area (Å²) in [5.74, 6) is 0.277. The lowest BCUT2D eigenvalue weighted by molar-refractivity contribution is -0.384. The third-order valence-electron chi connectivity index (χ3n) is 3.60. The maximum Gasteiger partial charge on any atom is 0.296 e. The number of thioether (sulfide) groups is 1. The van der Waals surface area contributed by atoms with E-state index in [2.05, 4.69) is 5.32 Å². The molecular weight excluding hydrogens is 340 g/mol. The van der Waals surface area contributed by atoms with Gasteiger partial charge in [-0.05, 0) is 56.2 Å². The lowest BCUT2D eigenvalue weighted by Crippen LogP contribution is -2.15. The van der Waals surface area contributed by atoms with Crippen molar-refractivity contribution in [2.45, 2.75) is 25.7 Å². The number of aryl methyl sites for hydroxylation is 2. The second-order valence-corrected chi connectivity index (χ2v) is 6.50. The van der Waals surface area contributed by atoms with Gasteiger partial charge in [0, 0.05) is 4.90 Å². The van der Waals surface area contributed by atoms with Crippen molar-refractivity contribution < 1.29 is 14.5 Å². The molecule has 0 aliphatic heterocycles. The lowest BCUT2D eigenvalue weighted by atomic mass is 10.1. The Bertz CT molecular complexity index is 793. The number of amides is 1. The Morgan fingerprint density at radius 1 is 1.20 bits per heavy atom. The number of ether oxygens (including phenoxy) is 1. The zero-order valence-corrected chi connectivity index (χ0v) is 15.2. The Hall–Kier alpha value is -2.54. The van der Waals surface area contributed by atoms with Crippen LogP contribution in [0.4, 0.5) is 11.4 Å². The summed E-state index contributed by atoms with van der Waals surface area (Å²) in [4.78, 5) is 23.8. The summed E-state index contributed by atoms with van der Waals surface area (Å²) in [7, 11) is 0. The van der Waals surface area contributed by atoms with Crippen LogP contribution in [0.1, 0.15) is 18.1 Å². The van der Waals surface area contributed by atoms with Crippen molar-refractivity contribution >= 4 is 29.0 Å². The third kappa shape index (κ3) is 5.22. The van der Waals surface area contributed by atoms with Crippen LogP contribution >= 0.6 is 11.8 Å². The van der Waals surface area contributed by atoms with E-state index in [0.717, 1.165) is 10.5 Å². The Morgan fingerprint density at radius 2 is 1.96 bits per heavy atom. The summed E-state index contributed by atoms with van der Waals surface area (Å²) in [5, 5.41) is 13.8. The Labute approximate surface area is 150 Å². The largest absolute Gasteiger partial charge is 0.494 e. The summed E-state index contributed by atoms with van der Waals surface area (Å²) < 4.78 is 5.26. The van der Waals surface area contributed by atoms with Gasteiger partial charge in [-0.1, -0.05) is 6.07 Å². The standard InChI is InChI=1S/C18H20N2O4S/c1-4-24-14-6-8-16(17(10-14)20(22)23)19-18(21)11-25-15-7-5-12(2)13(3)9-15/h5-10H,4,11H2,1-3H3,(H,19,21). The molecule has 0 atom stereocenters. The second-order valence-electron chi connectivity index (χ2n) is 5.45. The molecule has 0 aromatic heterocycles. The fourth-order valence-electron chi connectivity index (χ4n) is 2.16. The van der Waals surface area contributed by atoms with Gasteiger partial charge in [0.1, 0.15) is 11.4 Å². The molecule has 0 heterocycles. The summed E-state index contributed by atoms with van der Waals surface area (Å²) in [5.41, 5.74) is 2.33. The van der Waals surface area contributed by atoms with Crippen LogP contribution in [0.2, 0.25) is 0 Å². The zero-order valence-electron chi connectivity index (χ0n) is 14.4. The molecule has 0 saturated carbocycles. The second kappa shape index (κ2) is 8.53. The zero-order chi connectivity index (χ0) is 18.4. The first kappa shape index (κ1) is 18.8. The van der Waals surface area contributed by atoms with Crippen LogP contribution in [0.3, 0.4) is 0 Å². The van der Waals surface area contributed by atoms with Crippen LogP contribution in [0.5, 0.6) is 5.75 Å². The average Bonchev–Trinajstić information content (AvgIpc) is 2.57. The predicted octanol–water partition coefficient (Wildman–Crippen LogP) is 4.34. The minimum atomic E-state index is -0.533. The van der Waals surface area contributed by atoms with E-state index in [1.54, 1.807) is 13.0 Å². The van der Waals surface area contributed by atoms with Crippen LogP contribution in [0.25, 0.3) is 0 Å². The molecule has 0 aliphatic carbocycles. The molecule has 0 unspecified atom stereocenters. The number of rotatable bonds is 7. The topological polar surface area (TPSA) is 81.5 Å². The van der Waals surface area contributed by atoms with E-state index in [1.807, 2.05) is 32.0 Å². The van der Waals surface area contributed by atoms with Gasteiger partial charge < -0.3 is 10.1 Å². The number of anilines is 1. The highest BCUT2D eigenvalue weighted by molar-refractivity contribution is 8.00. The molecule has 25 heavy (non-hydrogen) atoms. The highest BCUT2D eigenvalue weighted by atomic mass is 32.2. The molecular formula is C18H20N2O4S. The fraction of sp³-hybridized carbons (Fsp3) is 0.278. The monoisotopic (exact) mass is 360 g/mol. The van der Waals surface area contributed by atoms with E-state index >= 15 is 0 Å². The van der Waals surface area contributed by atoms with Crippen LogP contribution in [-0.4, -0.2) is 23.2 Å². The molecule has 1 amide bonds.